The second-order valence-corrected chi connectivity index (χ2v) is 6.81. The number of aldehydes is 1. The number of rotatable bonds is 8. The van der Waals surface area contributed by atoms with E-state index < -0.39 is 5.41 Å². The molecule has 116 valence electrons. The molecule has 0 saturated carbocycles. The molecule has 0 heterocycles. The third-order valence-electron chi connectivity index (χ3n) is 3.36. The highest BCUT2D eigenvalue weighted by Gasteiger charge is 2.22. The summed E-state index contributed by atoms with van der Waals surface area (Å²) >= 11 is 0. The van der Waals surface area contributed by atoms with Gasteiger partial charge in [-0.1, -0.05) is 25.5 Å². The molecule has 1 unspecified atom stereocenters. The minimum atomic E-state index is -0.437. The van der Waals surface area contributed by atoms with Gasteiger partial charge in [0.1, 0.15) is 6.29 Å². The Kier molecular flexibility index (Phi) is 8.43. The first-order valence-electron chi connectivity index (χ1n) is 7.46. The summed E-state index contributed by atoms with van der Waals surface area (Å²) in [5.74, 6) is 0.370. The Morgan fingerprint density at radius 3 is 2.30 bits per heavy atom. The summed E-state index contributed by atoms with van der Waals surface area (Å²) in [5, 5.41) is 0. The van der Waals surface area contributed by atoms with Gasteiger partial charge in [0.25, 0.3) is 0 Å². The van der Waals surface area contributed by atoms with Gasteiger partial charge in [-0.15, -0.1) is 0 Å². The summed E-state index contributed by atoms with van der Waals surface area (Å²) in [6.45, 7) is 12.2. The van der Waals surface area contributed by atoms with Crippen molar-refractivity contribution in [3.8, 4) is 0 Å². The van der Waals surface area contributed by atoms with Crippen LogP contribution in [0.5, 0.6) is 0 Å². The van der Waals surface area contributed by atoms with Gasteiger partial charge in [0.15, 0.2) is 0 Å². The topological polar surface area (TPSA) is 43.4 Å². The standard InChI is InChI=1S/C17H30O3/c1-13(2)15(12-18)10-9-14(3)8-7-11-20-16(19)17(4,5)6/h8,12-13,15H,7,9-11H2,1-6H3/b14-8+. The fraction of sp³-hybridized carbons (Fsp3) is 0.765. The number of carbonyl (C=O) groups excluding carboxylic acids is 2. The van der Waals surface area contributed by atoms with Gasteiger partial charge in [0.05, 0.1) is 12.0 Å². The van der Waals surface area contributed by atoms with Crippen LogP contribution in [0.4, 0.5) is 0 Å². The zero-order chi connectivity index (χ0) is 15.8. The van der Waals surface area contributed by atoms with E-state index in [9.17, 15) is 9.59 Å². The van der Waals surface area contributed by atoms with Crippen molar-refractivity contribution in [2.75, 3.05) is 6.61 Å². The Balaban J connectivity index is 3.98. The van der Waals surface area contributed by atoms with Gasteiger partial charge in [0.2, 0.25) is 0 Å². The molecule has 0 aliphatic rings. The van der Waals surface area contributed by atoms with Crippen LogP contribution in [0.2, 0.25) is 0 Å². The van der Waals surface area contributed by atoms with E-state index in [4.69, 9.17) is 4.74 Å². The number of carbonyl (C=O) groups is 2. The molecule has 0 bridgehead atoms. The Morgan fingerprint density at radius 1 is 1.25 bits per heavy atom. The van der Waals surface area contributed by atoms with Crippen LogP contribution in [0.1, 0.15) is 60.8 Å². The molecule has 0 spiro atoms. The van der Waals surface area contributed by atoms with Gasteiger partial charge in [-0.05, 0) is 52.9 Å². The van der Waals surface area contributed by atoms with Crippen LogP contribution in [-0.4, -0.2) is 18.9 Å². The van der Waals surface area contributed by atoms with E-state index in [2.05, 4.69) is 26.8 Å². The summed E-state index contributed by atoms with van der Waals surface area (Å²) < 4.78 is 5.20. The quantitative estimate of drug-likeness (QED) is 0.290. The monoisotopic (exact) mass is 282 g/mol. The molecular formula is C17H30O3. The molecule has 0 aliphatic carbocycles. The second-order valence-electron chi connectivity index (χ2n) is 6.81. The summed E-state index contributed by atoms with van der Waals surface area (Å²) in [6, 6.07) is 0. The van der Waals surface area contributed by atoms with Crippen LogP contribution in [0.25, 0.3) is 0 Å². The van der Waals surface area contributed by atoms with Crippen LogP contribution in [0.15, 0.2) is 11.6 Å². The molecule has 0 aliphatic heterocycles. The van der Waals surface area contributed by atoms with Crippen LogP contribution >= 0.6 is 0 Å². The van der Waals surface area contributed by atoms with Gasteiger partial charge in [0, 0.05) is 5.92 Å². The molecule has 1 atom stereocenters. The van der Waals surface area contributed by atoms with Crippen molar-refractivity contribution in [3.63, 3.8) is 0 Å². The molecule has 0 saturated heterocycles. The predicted molar refractivity (Wildman–Crippen MR) is 82.4 cm³/mol. The second kappa shape index (κ2) is 8.93. The minimum absolute atomic E-state index is 0.136. The van der Waals surface area contributed by atoms with E-state index in [-0.39, 0.29) is 11.9 Å². The lowest BCUT2D eigenvalue weighted by Gasteiger charge is -2.16. The maximum atomic E-state index is 11.6. The zero-order valence-corrected chi connectivity index (χ0v) is 13.9. The SMILES string of the molecule is C/C(=C\CCOC(=O)C(C)(C)C)CCC(C=O)C(C)C. The summed E-state index contributed by atoms with van der Waals surface area (Å²) in [7, 11) is 0. The molecule has 20 heavy (non-hydrogen) atoms. The fourth-order valence-corrected chi connectivity index (χ4v) is 1.73. The van der Waals surface area contributed by atoms with Crippen molar-refractivity contribution in [2.24, 2.45) is 17.3 Å². The van der Waals surface area contributed by atoms with Gasteiger partial charge < -0.3 is 9.53 Å². The first-order chi connectivity index (χ1) is 9.18. The molecule has 0 radical (unpaired) electrons. The lowest BCUT2D eigenvalue weighted by molar-refractivity contribution is -0.152. The molecule has 3 heteroatoms. The zero-order valence-electron chi connectivity index (χ0n) is 13.9. The molecular weight excluding hydrogens is 252 g/mol. The van der Waals surface area contributed by atoms with Gasteiger partial charge in [-0.2, -0.15) is 0 Å². The van der Waals surface area contributed by atoms with Crippen molar-refractivity contribution in [3.05, 3.63) is 11.6 Å². The lowest BCUT2D eigenvalue weighted by atomic mass is 9.91. The maximum Gasteiger partial charge on any atom is 0.311 e. The number of ether oxygens (including phenoxy) is 1. The average Bonchev–Trinajstić information content (AvgIpc) is 2.33. The lowest BCUT2D eigenvalue weighted by Crippen LogP contribution is -2.23. The average molecular weight is 282 g/mol. The van der Waals surface area contributed by atoms with Gasteiger partial charge >= 0.3 is 5.97 Å². The number of hydrogen-bond acceptors (Lipinski definition) is 3. The normalized spacial score (nSPS) is 14.2. The Labute approximate surface area is 123 Å². The highest BCUT2D eigenvalue weighted by Crippen LogP contribution is 2.18. The van der Waals surface area contributed by atoms with E-state index in [1.165, 1.54) is 5.57 Å². The molecule has 0 amide bonds. The van der Waals surface area contributed by atoms with E-state index in [1.807, 2.05) is 20.8 Å². The van der Waals surface area contributed by atoms with Gasteiger partial charge in [-0.25, -0.2) is 0 Å². The predicted octanol–water partition coefficient (Wildman–Crippen LogP) is 4.16. The Bertz CT molecular complexity index is 335. The highest BCUT2D eigenvalue weighted by molar-refractivity contribution is 5.75. The van der Waals surface area contributed by atoms with Gasteiger partial charge in [-0.3, -0.25) is 4.79 Å². The van der Waals surface area contributed by atoms with E-state index in [0.29, 0.717) is 12.5 Å². The molecule has 0 aromatic rings. The molecule has 0 aromatic heterocycles. The summed E-state index contributed by atoms with van der Waals surface area (Å²) in [6.07, 6.45) is 5.71. The van der Waals surface area contributed by atoms with Crippen LogP contribution in [0.3, 0.4) is 0 Å². The van der Waals surface area contributed by atoms with Crippen LogP contribution < -0.4 is 0 Å². The van der Waals surface area contributed by atoms with E-state index >= 15 is 0 Å². The fourth-order valence-electron chi connectivity index (χ4n) is 1.73. The number of hydrogen-bond donors (Lipinski definition) is 0. The third kappa shape index (κ3) is 8.13. The van der Waals surface area contributed by atoms with Crippen molar-refractivity contribution in [1.82, 2.24) is 0 Å². The summed E-state index contributed by atoms with van der Waals surface area (Å²) in [4.78, 5) is 22.5. The molecule has 3 nitrogen and oxygen atoms in total. The molecule has 0 N–H and O–H groups in total. The van der Waals surface area contributed by atoms with Crippen molar-refractivity contribution in [1.29, 1.82) is 0 Å². The van der Waals surface area contributed by atoms with Crippen molar-refractivity contribution >= 4 is 12.3 Å². The van der Waals surface area contributed by atoms with Crippen molar-refractivity contribution < 1.29 is 14.3 Å². The summed E-state index contributed by atoms with van der Waals surface area (Å²) in [5.41, 5.74) is 0.817. The Morgan fingerprint density at radius 2 is 1.85 bits per heavy atom. The van der Waals surface area contributed by atoms with Crippen LogP contribution in [0, 0.1) is 17.3 Å². The number of esters is 1. The molecule has 0 fully saturated rings. The number of allylic oxidation sites excluding steroid dienone is 1. The van der Waals surface area contributed by atoms with E-state index in [1.54, 1.807) is 0 Å². The minimum Gasteiger partial charge on any atom is -0.465 e. The Hall–Kier alpha value is -1.12. The maximum absolute atomic E-state index is 11.6. The van der Waals surface area contributed by atoms with Crippen LogP contribution in [-0.2, 0) is 14.3 Å². The molecule has 0 rings (SSSR count). The first kappa shape index (κ1) is 18.9. The largest absolute Gasteiger partial charge is 0.465 e. The highest BCUT2D eigenvalue weighted by atomic mass is 16.5. The van der Waals surface area contributed by atoms with E-state index in [0.717, 1.165) is 25.5 Å². The first-order valence-corrected chi connectivity index (χ1v) is 7.46. The smallest absolute Gasteiger partial charge is 0.311 e. The molecule has 0 aromatic carbocycles. The van der Waals surface area contributed by atoms with Crippen molar-refractivity contribution in [2.45, 2.75) is 60.8 Å². The third-order valence-corrected chi connectivity index (χ3v) is 3.36.